The number of ether oxygens (including phenoxy) is 3. The van der Waals surface area contributed by atoms with Gasteiger partial charge in [0.15, 0.2) is 0 Å². The first kappa shape index (κ1) is 35.3. The average molecular weight is 625 g/mol. The summed E-state index contributed by atoms with van der Waals surface area (Å²) in [6.07, 6.45) is 31.4. The Morgan fingerprint density at radius 1 is 0.514 bits per heavy atom. The summed E-state index contributed by atoms with van der Waals surface area (Å²) in [6, 6.07) is 0. The van der Waals surface area contributed by atoms with E-state index in [-0.39, 0.29) is 12.2 Å². The lowest BCUT2D eigenvalue weighted by Crippen LogP contribution is -2.19. The van der Waals surface area contributed by atoms with Crippen LogP contribution in [0.15, 0.2) is 24.3 Å². The van der Waals surface area contributed by atoms with E-state index in [0.29, 0.717) is 13.6 Å². The van der Waals surface area contributed by atoms with Crippen molar-refractivity contribution in [3.8, 4) is 0 Å². The predicted molar refractivity (Wildman–Crippen MR) is 161 cm³/mol. The molecule has 2 atom stereocenters. The van der Waals surface area contributed by atoms with Gasteiger partial charge >= 0.3 is 0 Å². The van der Waals surface area contributed by atoms with E-state index >= 15 is 0 Å². The molecule has 0 rings (SSSR count). The van der Waals surface area contributed by atoms with Crippen LogP contribution in [0.4, 0.5) is 0 Å². The third kappa shape index (κ3) is 27.2. The second-order valence-electron chi connectivity index (χ2n) is 9.48. The minimum absolute atomic E-state index is 0.277. The van der Waals surface area contributed by atoms with Gasteiger partial charge in [0.05, 0.1) is 12.2 Å². The number of hydrogen-bond acceptors (Lipinski definition) is 3. The van der Waals surface area contributed by atoms with Crippen LogP contribution in [-0.2, 0) is 14.2 Å². The van der Waals surface area contributed by atoms with E-state index in [4.69, 9.17) is 14.2 Å². The number of halogens is 2. The molecule has 0 aromatic heterocycles. The van der Waals surface area contributed by atoms with Crippen molar-refractivity contribution in [2.24, 2.45) is 0 Å². The molecule has 0 spiro atoms. The molecule has 208 valence electrons. The summed E-state index contributed by atoms with van der Waals surface area (Å²) in [5.74, 6) is 0. The smallest absolute Gasteiger partial charge is 0.149 e. The van der Waals surface area contributed by atoms with Crippen LogP contribution >= 0.6 is 31.9 Å². The molecule has 0 aliphatic carbocycles. The molecule has 0 aromatic rings. The van der Waals surface area contributed by atoms with Gasteiger partial charge in [0.2, 0.25) is 0 Å². The Kier molecular flexibility index (Phi) is 30.8. The topological polar surface area (TPSA) is 27.7 Å². The molecular formula is C30H56Br2O3. The van der Waals surface area contributed by atoms with E-state index in [2.05, 4.69) is 70.0 Å². The summed E-state index contributed by atoms with van der Waals surface area (Å²) in [7, 11) is 0. The fourth-order valence-corrected chi connectivity index (χ4v) is 4.59. The molecule has 0 bridgehead atoms. The van der Waals surface area contributed by atoms with Gasteiger partial charge in [-0.2, -0.15) is 0 Å². The van der Waals surface area contributed by atoms with Crippen LogP contribution in [0.25, 0.3) is 0 Å². The van der Waals surface area contributed by atoms with Crippen LogP contribution in [0.2, 0.25) is 0 Å². The highest BCUT2D eigenvalue weighted by Gasteiger charge is 2.11. The third-order valence-corrected chi connectivity index (χ3v) is 7.14. The zero-order valence-electron chi connectivity index (χ0n) is 23.0. The molecule has 5 heteroatoms. The van der Waals surface area contributed by atoms with Gasteiger partial charge in [-0.1, -0.05) is 134 Å². The van der Waals surface area contributed by atoms with E-state index in [1.54, 1.807) is 0 Å². The Labute approximate surface area is 235 Å². The molecule has 0 N–H and O–H groups in total. The van der Waals surface area contributed by atoms with Gasteiger partial charge in [-0.15, -0.1) is 0 Å². The van der Waals surface area contributed by atoms with E-state index in [9.17, 15) is 0 Å². The van der Waals surface area contributed by atoms with Crippen molar-refractivity contribution in [3.05, 3.63) is 24.3 Å². The van der Waals surface area contributed by atoms with Crippen LogP contribution in [0.5, 0.6) is 0 Å². The van der Waals surface area contributed by atoms with Crippen molar-refractivity contribution < 1.29 is 14.2 Å². The Balaban J connectivity index is 4.30. The zero-order chi connectivity index (χ0) is 25.7. The van der Waals surface area contributed by atoms with E-state index in [1.165, 1.54) is 64.2 Å². The summed E-state index contributed by atoms with van der Waals surface area (Å²) in [5, 5.41) is 2.06. The van der Waals surface area contributed by atoms with Crippen molar-refractivity contribution in [1.82, 2.24) is 0 Å². The Bertz CT molecular complexity index is 417. The van der Waals surface area contributed by atoms with Gasteiger partial charge in [-0.3, -0.25) is 0 Å². The first-order valence-electron chi connectivity index (χ1n) is 14.5. The normalized spacial score (nSPS) is 13.8. The molecule has 35 heavy (non-hydrogen) atoms. The lowest BCUT2D eigenvalue weighted by atomic mass is 10.0. The number of alkyl halides is 2. The molecule has 0 aromatic carbocycles. The minimum Gasteiger partial charge on any atom is -0.352 e. The van der Waals surface area contributed by atoms with Crippen molar-refractivity contribution >= 4 is 31.9 Å². The van der Waals surface area contributed by atoms with Gasteiger partial charge in [-0.05, 0) is 51.4 Å². The molecule has 0 aliphatic heterocycles. The predicted octanol–water partition coefficient (Wildman–Crippen LogP) is 10.7. The van der Waals surface area contributed by atoms with E-state index in [0.717, 1.165) is 62.0 Å². The van der Waals surface area contributed by atoms with Gasteiger partial charge in [0, 0.05) is 10.7 Å². The van der Waals surface area contributed by atoms with Crippen molar-refractivity contribution in [2.45, 2.75) is 142 Å². The van der Waals surface area contributed by atoms with E-state index in [1.807, 2.05) is 0 Å². The van der Waals surface area contributed by atoms with E-state index < -0.39 is 0 Å². The van der Waals surface area contributed by atoms with Crippen LogP contribution in [0, 0.1) is 0 Å². The first-order valence-corrected chi connectivity index (χ1v) is 16.8. The molecule has 0 amide bonds. The SMILES string of the molecule is CCCCCCCC(CC/C=C/CCBr)OCOCOC(CC/C=C/CCBr)CCCCCCC. The molecule has 0 heterocycles. The highest BCUT2D eigenvalue weighted by atomic mass is 79.9. The van der Waals surface area contributed by atoms with Crippen molar-refractivity contribution in [2.75, 3.05) is 24.2 Å². The second kappa shape index (κ2) is 30.5. The molecule has 0 saturated heterocycles. The van der Waals surface area contributed by atoms with Gasteiger partial charge < -0.3 is 14.2 Å². The number of allylic oxidation sites excluding steroid dienone is 4. The molecule has 0 fully saturated rings. The number of rotatable bonds is 28. The maximum absolute atomic E-state index is 6.13. The zero-order valence-corrected chi connectivity index (χ0v) is 26.2. The van der Waals surface area contributed by atoms with Gasteiger partial charge in [0.1, 0.15) is 13.6 Å². The lowest BCUT2D eigenvalue weighted by molar-refractivity contribution is -0.167. The quantitative estimate of drug-likeness (QED) is 0.0375. The summed E-state index contributed by atoms with van der Waals surface area (Å²) < 4.78 is 18.0. The fraction of sp³-hybridized carbons (Fsp3) is 0.867. The van der Waals surface area contributed by atoms with Gasteiger partial charge in [-0.25, -0.2) is 0 Å². The molecule has 2 unspecified atom stereocenters. The Morgan fingerprint density at radius 2 is 0.914 bits per heavy atom. The molecule has 0 saturated carbocycles. The number of unbranched alkanes of at least 4 members (excludes halogenated alkanes) is 8. The van der Waals surface area contributed by atoms with Crippen molar-refractivity contribution in [3.63, 3.8) is 0 Å². The maximum atomic E-state index is 6.13. The molecule has 0 radical (unpaired) electrons. The standard InChI is InChI=1S/C30H56Br2O3/c1-3-5-7-9-15-21-29(23-17-11-13-19-25-31)34-27-33-28-35-30(22-16-10-8-6-4-2)24-18-12-14-20-26-32/h11-14,29-30H,3-10,15-28H2,1-2H3/b13-11+,14-12+. The summed E-state index contributed by atoms with van der Waals surface area (Å²) >= 11 is 6.96. The van der Waals surface area contributed by atoms with Crippen LogP contribution in [0.3, 0.4) is 0 Å². The summed E-state index contributed by atoms with van der Waals surface area (Å²) in [5.41, 5.74) is 0. The van der Waals surface area contributed by atoms with Crippen LogP contribution in [-0.4, -0.2) is 36.5 Å². The average Bonchev–Trinajstić information content (AvgIpc) is 2.86. The fourth-order valence-electron chi connectivity index (χ4n) is 4.06. The number of hydrogen-bond donors (Lipinski definition) is 0. The monoisotopic (exact) mass is 622 g/mol. The van der Waals surface area contributed by atoms with Crippen molar-refractivity contribution in [1.29, 1.82) is 0 Å². The largest absolute Gasteiger partial charge is 0.352 e. The highest BCUT2D eigenvalue weighted by molar-refractivity contribution is 9.09. The Hall–Kier alpha value is 0.320. The Morgan fingerprint density at radius 3 is 1.31 bits per heavy atom. The molecular weight excluding hydrogens is 568 g/mol. The second-order valence-corrected chi connectivity index (χ2v) is 11.1. The third-order valence-electron chi connectivity index (χ3n) is 6.23. The minimum atomic E-state index is 0.277. The maximum Gasteiger partial charge on any atom is 0.149 e. The van der Waals surface area contributed by atoms with Crippen LogP contribution in [0.1, 0.15) is 129 Å². The lowest BCUT2D eigenvalue weighted by Gasteiger charge is -2.20. The molecule has 0 aliphatic rings. The van der Waals surface area contributed by atoms with Crippen LogP contribution < -0.4 is 0 Å². The van der Waals surface area contributed by atoms with Gasteiger partial charge in [0.25, 0.3) is 0 Å². The first-order chi connectivity index (χ1) is 17.3. The molecule has 3 nitrogen and oxygen atoms in total. The summed E-state index contributed by atoms with van der Waals surface area (Å²) in [4.78, 5) is 0. The summed E-state index contributed by atoms with van der Waals surface area (Å²) in [6.45, 7) is 5.20. The highest BCUT2D eigenvalue weighted by Crippen LogP contribution is 2.16.